The van der Waals surface area contributed by atoms with E-state index in [1.807, 2.05) is 18.2 Å². The second-order valence-corrected chi connectivity index (χ2v) is 8.85. The van der Waals surface area contributed by atoms with Crippen molar-refractivity contribution in [3.63, 3.8) is 0 Å². The average Bonchev–Trinajstić information content (AvgIpc) is 3.55. The lowest BCUT2D eigenvalue weighted by molar-refractivity contribution is -0.0573. The summed E-state index contributed by atoms with van der Waals surface area (Å²) in [6, 6.07) is 15.8. The third-order valence-corrected chi connectivity index (χ3v) is 6.70. The minimum Gasteiger partial charge on any atom is -0.491 e. The Bertz CT molecular complexity index is 1080. The first-order chi connectivity index (χ1) is 16.8. The second kappa shape index (κ2) is 11.0. The Morgan fingerprint density at radius 3 is 2.62 bits per heavy atom. The van der Waals surface area contributed by atoms with Crippen LogP contribution in [0.4, 0.5) is 0 Å². The Morgan fingerprint density at radius 2 is 1.76 bits per heavy atom. The number of ether oxygens (including phenoxy) is 4. The molecule has 0 bridgehead atoms. The molecule has 7 heteroatoms. The van der Waals surface area contributed by atoms with E-state index in [0.717, 1.165) is 32.5 Å². The SMILES string of the molecule is O=C(OCCC1OCCO1)c1ccccc1OCCN1CCC(c2c[nH]c3ccccc23)CC1. The summed E-state index contributed by atoms with van der Waals surface area (Å²) in [5.41, 5.74) is 3.10. The number of nitrogens with zero attached hydrogens (tertiary/aromatic N) is 1. The first-order valence-corrected chi connectivity index (χ1v) is 12.2. The molecule has 3 aromatic rings. The number of rotatable bonds is 9. The van der Waals surface area contributed by atoms with Gasteiger partial charge in [0.1, 0.15) is 17.9 Å². The van der Waals surface area contributed by atoms with Crippen LogP contribution in [0, 0.1) is 0 Å². The van der Waals surface area contributed by atoms with Gasteiger partial charge in [-0.15, -0.1) is 0 Å². The molecule has 2 aromatic carbocycles. The van der Waals surface area contributed by atoms with Gasteiger partial charge in [-0.3, -0.25) is 4.90 Å². The topological polar surface area (TPSA) is 73.0 Å². The van der Waals surface area contributed by atoms with Gasteiger partial charge in [0, 0.05) is 30.1 Å². The molecule has 0 amide bonds. The molecule has 0 radical (unpaired) electrons. The Morgan fingerprint density at radius 1 is 1.00 bits per heavy atom. The van der Waals surface area contributed by atoms with Crippen molar-refractivity contribution >= 4 is 16.9 Å². The number of carbonyl (C=O) groups is 1. The maximum Gasteiger partial charge on any atom is 0.341 e. The standard InChI is InChI=1S/C27H32N2O5/c30-27(34-15-11-26-32-17-18-33-26)22-6-2-4-8-25(22)31-16-14-29-12-9-20(10-13-29)23-19-28-24-7-3-1-5-21(23)24/h1-8,19-20,26,28H,9-18H2. The van der Waals surface area contributed by atoms with Crippen LogP contribution in [0.1, 0.15) is 41.1 Å². The third kappa shape index (κ3) is 5.43. The number of nitrogens with one attached hydrogen (secondary N) is 1. The zero-order valence-electron chi connectivity index (χ0n) is 19.4. The summed E-state index contributed by atoms with van der Waals surface area (Å²) in [5, 5.41) is 1.34. The molecule has 2 aliphatic heterocycles. The first kappa shape index (κ1) is 22.9. The Balaban J connectivity index is 1.07. The predicted octanol–water partition coefficient (Wildman–Crippen LogP) is 4.35. The zero-order chi connectivity index (χ0) is 23.2. The quantitative estimate of drug-likeness (QED) is 0.475. The summed E-state index contributed by atoms with van der Waals surface area (Å²) in [6.45, 7) is 4.90. The van der Waals surface area contributed by atoms with E-state index in [9.17, 15) is 4.79 Å². The number of fused-ring (bicyclic) bond motifs is 1. The number of hydrogen-bond donors (Lipinski definition) is 1. The first-order valence-electron chi connectivity index (χ1n) is 12.2. The molecular formula is C27H32N2O5. The molecule has 1 aromatic heterocycles. The van der Waals surface area contributed by atoms with Crippen LogP contribution in [0.2, 0.25) is 0 Å². The molecule has 34 heavy (non-hydrogen) atoms. The normalized spacial score (nSPS) is 17.9. The van der Waals surface area contributed by atoms with Crippen molar-refractivity contribution < 1.29 is 23.7 Å². The van der Waals surface area contributed by atoms with E-state index in [4.69, 9.17) is 18.9 Å². The van der Waals surface area contributed by atoms with Crippen LogP contribution in [-0.4, -0.2) is 68.2 Å². The van der Waals surface area contributed by atoms with Crippen molar-refractivity contribution in [2.75, 3.05) is 46.1 Å². The van der Waals surface area contributed by atoms with E-state index in [0.29, 0.717) is 43.5 Å². The molecular weight excluding hydrogens is 432 g/mol. The zero-order valence-corrected chi connectivity index (χ0v) is 19.4. The lowest BCUT2D eigenvalue weighted by atomic mass is 9.89. The highest BCUT2D eigenvalue weighted by molar-refractivity contribution is 5.92. The van der Waals surface area contributed by atoms with Gasteiger partial charge in [-0.2, -0.15) is 0 Å². The number of piperidine rings is 1. The van der Waals surface area contributed by atoms with Crippen LogP contribution in [0.25, 0.3) is 10.9 Å². The fourth-order valence-electron chi connectivity index (χ4n) is 4.84. The van der Waals surface area contributed by atoms with Crippen LogP contribution >= 0.6 is 0 Å². The summed E-state index contributed by atoms with van der Waals surface area (Å²) in [5.74, 6) is 0.770. The molecule has 7 nitrogen and oxygen atoms in total. The highest BCUT2D eigenvalue weighted by Gasteiger charge is 2.23. The smallest absolute Gasteiger partial charge is 0.341 e. The van der Waals surface area contributed by atoms with Gasteiger partial charge < -0.3 is 23.9 Å². The van der Waals surface area contributed by atoms with Crippen LogP contribution in [-0.2, 0) is 14.2 Å². The van der Waals surface area contributed by atoms with Gasteiger partial charge in [-0.25, -0.2) is 4.79 Å². The van der Waals surface area contributed by atoms with E-state index in [1.54, 1.807) is 6.07 Å². The molecule has 2 aliphatic rings. The van der Waals surface area contributed by atoms with Crippen molar-refractivity contribution in [3.05, 3.63) is 65.9 Å². The fourth-order valence-corrected chi connectivity index (χ4v) is 4.84. The number of benzene rings is 2. The number of aromatic amines is 1. The highest BCUT2D eigenvalue weighted by Crippen LogP contribution is 2.33. The molecule has 2 saturated heterocycles. The maximum atomic E-state index is 12.5. The van der Waals surface area contributed by atoms with E-state index >= 15 is 0 Å². The largest absolute Gasteiger partial charge is 0.491 e. The number of esters is 1. The number of para-hydroxylation sites is 2. The van der Waals surface area contributed by atoms with Crippen LogP contribution < -0.4 is 4.74 Å². The maximum absolute atomic E-state index is 12.5. The molecule has 0 unspecified atom stereocenters. The van der Waals surface area contributed by atoms with Crippen molar-refractivity contribution in [2.45, 2.75) is 31.5 Å². The molecule has 180 valence electrons. The molecule has 5 rings (SSSR count). The van der Waals surface area contributed by atoms with Crippen molar-refractivity contribution in [1.82, 2.24) is 9.88 Å². The van der Waals surface area contributed by atoms with E-state index in [1.165, 1.54) is 16.5 Å². The summed E-state index contributed by atoms with van der Waals surface area (Å²) < 4.78 is 22.2. The van der Waals surface area contributed by atoms with Crippen molar-refractivity contribution in [1.29, 1.82) is 0 Å². The van der Waals surface area contributed by atoms with Gasteiger partial charge >= 0.3 is 5.97 Å². The number of aromatic nitrogens is 1. The van der Waals surface area contributed by atoms with Gasteiger partial charge in [0.15, 0.2) is 6.29 Å². The Labute approximate surface area is 199 Å². The third-order valence-electron chi connectivity index (χ3n) is 6.70. The summed E-state index contributed by atoms with van der Waals surface area (Å²) in [7, 11) is 0. The monoisotopic (exact) mass is 464 g/mol. The summed E-state index contributed by atoms with van der Waals surface area (Å²) in [6.07, 6.45) is 4.71. The fraction of sp³-hybridized carbons (Fsp3) is 0.444. The highest BCUT2D eigenvalue weighted by atomic mass is 16.7. The molecule has 3 heterocycles. The van der Waals surface area contributed by atoms with Gasteiger partial charge in [0.2, 0.25) is 0 Å². The summed E-state index contributed by atoms with van der Waals surface area (Å²) >= 11 is 0. The lowest BCUT2D eigenvalue weighted by Gasteiger charge is -2.31. The predicted molar refractivity (Wildman–Crippen MR) is 129 cm³/mol. The minimum atomic E-state index is -0.381. The molecule has 0 atom stereocenters. The van der Waals surface area contributed by atoms with Crippen molar-refractivity contribution in [3.8, 4) is 5.75 Å². The number of H-pyrrole nitrogens is 1. The molecule has 0 spiro atoms. The second-order valence-electron chi connectivity index (χ2n) is 8.85. The summed E-state index contributed by atoms with van der Waals surface area (Å²) in [4.78, 5) is 18.4. The molecule has 0 aliphatic carbocycles. The van der Waals surface area contributed by atoms with Crippen LogP contribution in [0.15, 0.2) is 54.7 Å². The number of hydrogen-bond acceptors (Lipinski definition) is 6. The van der Waals surface area contributed by atoms with E-state index in [2.05, 4.69) is 40.3 Å². The van der Waals surface area contributed by atoms with Crippen LogP contribution in [0.5, 0.6) is 5.75 Å². The van der Waals surface area contributed by atoms with E-state index < -0.39 is 0 Å². The minimum absolute atomic E-state index is 0.253. The number of likely N-dealkylation sites (tertiary alicyclic amines) is 1. The molecule has 2 fully saturated rings. The van der Waals surface area contributed by atoms with Gasteiger partial charge in [0.05, 0.1) is 19.8 Å². The number of carbonyl (C=O) groups excluding carboxylic acids is 1. The average molecular weight is 465 g/mol. The lowest BCUT2D eigenvalue weighted by Crippen LogP contribution is -2.35. The van der Waals surface area contributed by atoms with Gasteiger partial charge in [-0.05, 0) is 55.6 Å². The Hall–Kier alpha value is -2.87. The Kier molecular flexibility index (Phi) is 7.43. The van der Waals surface area contributed by atoms with Crippen molar-refractivity contribution in [2.24, 2.45) is 0 Å². The van der Waals surface area contributed by atoms with E-state index in [-0.39, 0.29) is 18.9 Å². The van der Waals surface area contributed by atoms with Crippen LogP contribution in [0.3, 0.4) is 0 Å². The van der Waals surface area contributed by atoms with Gasteiger partial charge in [0.25, 0.3) is 0 Å². The molecule has 1 N–H and O–H groups in total. The van der Waals surface area contributed by atoms with Gasteiger partial charge in [-0.1, -0.05) is 30.3 Å². The molecule has 0 saturated carbocycles.